The van der Waals surface area contributed by atoms with E-state index < -0.39 is 5.82 Å². The van der Waals surface area contributed by atoms with Gasteiger partial charge in [-0.25, -0.2) is 18.7 Å². The van der Waals surface area contributed by atoms with Crippen LogP contribution in [0.15, 0.2) is 48.8 Å². The van der Waals surface area contributed by atoms with Gasteiger partial charge in [-0.15, -0.1) is 0 Å². The van der Waals surface area contributed by atoms with E-state index in [0.29, 0.717) is 19.0 Å². The summed E-state index contributed by atoms with van der Waals surface area (Å²) >= 11 is 0. The molecule has 8 nitrogen and oxygen atoms in total. The predicted octanol–water partition coefficient (Wildman–Crippen LogP) is 3.18. The minimum Gasteiger partial charge on any atom is -0.368 e. The van der Waals surface area contributed by atoms with Crippen molar-refractivity contribution in [3.05, 3.63) is 60.4 Å². The molecule has 1 aliphatic rings. The van der Waals surface area contributed by atoms with Gasteiger partial charge in [0, 0.05) is 38.8 Å². The van der Waals surface area contributed by atoms with Gasteiger partial charge in [-0.1, -0.05) is 6.07 Å². The van der Waals surface area contributed by atoms with Crippen LogP contribution in [-0.4, -0.2) is 47.0 Å². The van der Waals surface area contributed by atoms with Crippen molar-refractivity contribution < 1.29 is 13.6 Å². The van der Waals surface area contributed by atoms with Gasteiger partial charge in [-0.2, -0.15) is 4.98 Å². The zero-order chi connectivity index (χ0) is 21.8. The van der Waals surface area contributed by atoms with E-state index in [1.807, 2.05) is 4.90 Å². The highest BCUT2D eigenvalue weighted by molar-refractivity contribution is 5.89. The second-order valence-corrected chi connectivity index (χ2v) is 7.03. The Morgan fingerprint density at radius 2 is 1.61 bits per heavy atom. The standard InChI is InChI=1S/C21H21F2N7O/c1-14(31)26-17-3-2-4-18(19(17)23)27-20-24-13-25-21(28-20)30-11-9-29(10-12-30)16-7-5-15(22)6-8-16/h2-8,13H,9-12H2,1H3,(H,26,31)(H,24,25,27,28). The van der Waals surface area contributed by atoms with E-state index in [1.54, 1.807) is 18.2 Å². The summed E-state index contributed by atoms with van der Waals surface area (Å²) in [7, 11) is 0. The minimum atomic E-state index is -0.604. The van der Waals surface area contributed by atoms with Crippen LogP contribution in [-0.2, 0) is 4.79 Å². The molecule has 1 amide bonds. The van der Waals surface area contributed by atoms with Gasteiger partial charge < -0.3 is 20.4 Å². The van der Waals surface area contributed by atoms with Crippen molar-refractivity contribution in [1.29, 1.82) is 0 Å². The molecular weight excluding hydrogens is 404 g/mol. The number of amides is 1. The SMILES string of the molecule is CC(=O)Nc1cccc(Nc2ncnc(N3CCN(c4ccc(F)cc4)CC3)n2)c1F. The first-order valence-corrected chi connectivity index (χ1v) is 9.77. The molecule has 3 aromatic rings. The Balaban J connectivity index is 1.44. The maximum absolute atomic E-state index is 14.6. The third-order valence-corrected chi connectivity index (χ3v) is 4.87. The number of nitrogens with one attached hydrogen (secondary N) is 2. The predicted molar refractivity (Wildman–Crippen MR) is 115 cm³/mol. The average molecular weight is 425 g/mol. The van der Waals surface area contributed by atoms with Crippen LogP contribution < -0.4 is 20.4 Å². The first-order chi connectivity index (χ1) is 15.0. The number of rotatable bonds is 5. The summed E-state index contributed by atoms with van der Waals surface area (Å²) in [5.74, 6) is -0.544. The van der Waals surface area contributed by atoms with Crippen LogP contribution in [0.4, 0.5) is 37.7 Å². The van der Waals surface area contributed by atoms with Crippen molar-refractivity contribution in [2.24, 2.45) is 0 Å². The summed E-state index contributed by atoms with van der Waals surface area (Å²) in [6.07, 6.45) is 1.37. The second kappa shape index (κ2) is 8.90. The van der Waals surface area contributed by atoms with Crippen LogP contribution in [0.5, 0.6) is 0 Å². The number of carbonyl (C=O) groups is 1. The maximum atomic E-state index is 14.6. The molecule has 160 valence electrons. The Kier molecular flexibility index (Phi) is 5.87. The third kappa shape index (κ3) is 4.85. The molecular formula is C21H21F2N7O. The second-order valence-electron chi connectivity index (χ2n) is 7.03. The summed E-state index contributed by atoms with van der Waals surface area (Å²) in [6, 6.07) is 11.1. The lowest BCUT2D eigenvalue weighted by molar-refractivity contribution is -0.114. The van der Waals surface area contributed by atoms with Crippen molar-refractivity contribution in [3.63, 3.8) is 0 Å². The number of hydrogen-bond donors (Lipinski definition) is 2. The molecule has 4 rings (SSSR count). The van der Waals surface area contributed by atoms with Crippen LogP contribution in [0.3, 0.4) is 0 Å². The van der Waals surface area contributed by atoms with E-state index in [0.717, 1.165) is 18.8 Å². The average Bonchev–Trinajstić information content (AvgIpc) is 2.77. The molecule has 1 fully saturated rings. The molecule has 31 heavy (non-hydrogen) atoms. The topological polar surface area (TPSA) is 86.3 Å². The lowest BCUT2D eigenvalue weighted by Crippen LogP contribution is -2.47. The Morgan fingerprint density at radius 3 is 2.32 bits per heavy atom. The number of nitrogens with zero attached hydrogens (tertiary/aromatic N) is 5. The van der Waals surface area contributed by atoms with Gasteiger partial charge in [-0.3, -0.25) is 4.79 Å². The van der Waals surface area contributed by atoms with Crippen LogP contribution >= 0.6 is 0 Å². The van der Waals surface area contributed by atoms with Gasteiger partial charge in [0.05, 0.1) is 11.4 Å². The van der Waals surface area contributed by atoms with Crippen molar-refractivity contribution in [3.8, 4) is 0 Å². The lowest BCUT2D eigenvalue weighted by Gasteiger charge is -2.36. The van der Waals surface area contributed by atoms with Crippen molar-refractivity contribution in [2.75, 3.05) is 46.6 Å². The molecule has 2 heterocycles. The number of carbonyl (C=O) groups excluding carboxylic acids is 1. The van der Waals surface area contributed by atoms with E-state index in [4.69, 9.17) is 0 Å². The summed E-state index contributed by atoms with van der Waals surface area (Å²) < 4.78 is 27.8. The summed E-state index contributed by atoms with van der Waals surface area (Å²) in [5.41, 5.74) is 1.18. The number of hydrogen-bond acceptors (Lipinski definition) is 7. The summed E-state index contributed by atoms with van der Waals surface area (Å²) in [6.45, 7) is 4.12. The molecule has 0 aliphatic carbocycles. The smallest absolute Gasteiger partial charge is 0.232 e. The van der Waals surface area contributed by atoms with Crippen LogP contribution in [0.1, 0.15) is 6.92 Å². The molecule has 10 heteroatoms. The molecule has 0 unspecified atom stereocenters. The van der Waals surface area contributed by atoms with Gasteiger partial charge in [-0.05, 0) is 36.4 Å². The normalized spacial score (nSPS) is 13.8. The number of aromatic nitrogens is 3. The van der Waals surface area contributed by atoms with E-state index in [-0.39, 0.29) is 29.0 Å². The Morgan fingerprint density at radius 1 is 0.935 bits per heavy atom. The summed E-state index contributed by atoms with van der Waals surface area (Å²) in [4.78, 5) is 28.1. The van der Waals surface area contributed by atoms with Crippen LogP contribution in [0.2, 0.25) is 0 Å². The third-order valence-electron chi connectivity index (χ3n) is 4.87. The number of halogens is 2. The van der Waals surface area contributed by atoms with E-state index in [1.165, 1.54) is 37.5 Å². The molecule has 0 atom stereocenters. The first-order valence-electron chi connectivity index (χ1n) is 9.77. The van der Waals surface area contributed by atoms with Gasteiger partial charge in [0.2, 0.25) is 17.8 Å². The zero-order valence-electron chi connectivity index (χ0n) is 16.8. The number of benzene rings is 2. The van der Waals surface area contributed by atoms with Gasteiger partial charge >= 0.3 is 0 Å². The largest absolute Gasteiger partial charge is 0.368 e. The van der Waals surface area contributed by atoms with Gasteiger partial charge in [0.25, 0.3) is 0 Å². The molecule has 0 spiro atoms. The Hall–Kier alpha value is -3.82. The van der Waals surface area contributed by atoms with Crippen LogP contribution in [0.25, 0.3) is 0 Å². The van der Waals surface area contributed by atoms with Crippen molar-refractivity contribution >= 4 is 34.9 Å². The van der Waals surface area contributed by atoms with E-state index in [2.05, 4.69) is 30.5 Å². The van der Waals surface area contributed by atoms with Gasteiger partial charge in [0.15, 0.2) is 5.82 Å². The van der Waals surface area contributed by atoms with Crippen LogP contribution in [0, 0.1) is 11.6 Å². The lowest BCUT2D eigenvalue weighted by atomic mass is 10.2. The summed E-state index contributed by atoms with van der Waals surface area (Å²) in [5, 5.41) is 5.29. The zero-order valence-corrected chi connectivity index (χ0v) is 16.8. The molecule has 2 N–H and O–H groups in total. The highest BCUT2D eigenvalue weighted by Crippen LogP contribution is 2.25. The fourth-order valence-corrected chi connectivity index (χ4v) is 3.35. The minimum absolute atomic E-state index is 0.0729. The fraction of sp³-hybridized carbons (Fsp3) is 0.238. The molecule has 1 aromatic heterocycles. The van der Waals surface area contributed by atoms with E-state index in [9.17, 15) is 13.6 Å². The molecule has 2 aromatic carbocycles. The fourth-order valence-electron chi connectivity index (χ4n) is 3.35. The van der Waals surface area contributed by atoms with Crippen molar-refractivity contribution in [1.82, 2.24) is 15.0 Å². The quantitative estimate of drug-likeness (QED) is 0.649. The Bertz CT molecular complexity index is 1070. The molecule has 1 aliphatic heterocycles. The van der Waals surface area contributed by atoms with Crippen molar-refractivity contribution in [2.45, 2.75) is 6.92 Å². The van der Waals surface area contributed by atoms with Gasteiger partial charge in [0.1, 0.15) is 12.1 Å². The monoisotopic (exact) mass is 425 g/mol. The Labute approximate surface area is 178 Å². The maximum Gasteiger partial charge on any atom is 0.232 e. The highest BCUT2D eigenvalue weighted by atomic mass is 19.1. The highest BCUT2D eigenvalue weighted by Gasteiger charge is 2.20. The molecule has 0 radical (unpaired) electrons. The molecule has 1 saturated heterocycles. The van der Waals surface area contributed by atoms with E-state index >= 15 is 0 Å². The molecule has 0 saturated carbocycles. The first kappa shape index (κ1) is 20.5. The molecule has 0 bridgehead atoms. The number of anilines is 5. The number of piperazine rings is 1.